The third kappa shape index (κ3) is 3.79. The van der Waals surface area contributed by atoms with Crippen molar-refractivity contribution in [3.8, 4) is 5.75 Å². The summed E-state index contributed by atoms with van der Waals surface area (Å²) in [6.07, 6.45) is 1.75. The molecule has 1 N–H and O–H groups in total. The molecule has 0 atom stereocenters. The highest BCUT2D eigenvalue weighted by Crippen LogP contribution is 2.30. The number of rotatable bonds is 5. The molecule has 4 rings (SSSR count). The highest BCUT2D eigenvalue weighted by molar-refractivity contribution is 7.98. The lowest BCUT2D eigenvalue weighted by molar-refractivity contribution is 0.312. The molecule has 1 aromatic carbocycles. The van der Waals surface area contributed by atoms with E-state index in [1.807, 2.05) is 19.1 Å². The zero-order valence-electron chi connectivity index (χ0n) is 16.3. The molecule has 6 nitrogen and oxygen atoms in total. The quantitative estimate of drug-likeness (QED) is 0.661. The maximum Gasteiger partial charge on any atom is 0.166 e. The number of imidazole rings is 1. The Balaban J connectivity index is 1.53. The van der Waals surface area contributed by atoms with Crippen molar-refractivity contribution in [3.05, 3.63) is 41.5 Å². The third-order valence-electron chi connectivity index (χ3n) is 5.20. The minimum atomic E-state index is -0.206. The van der Waals surface area contributed by atoms with Gasteiger partial charge in [-0.1, -0.05) is 11.8 Å². The molecule has 1 fully saturated rings. The largest absolute Gasteiger partial charge is 0.496 e. The van der Waals surface area contributed by atoms with Crippen LogP contribution in [0, 0.1) is 12.7 Å². The Morgan fingerprint density at radius 2 is 2.04 bits per heavy atom. The van der Waals surface area contributed by atoms with Crippen molar-refractivity contribution in [1.82, 2.24) is 19.9 Å². The van der Waals surface area contributed by atoms with Crippen molar-refractivity contribution >= 4 is 28.5 Å². The summed E-state index contributed by atoms with van der Waals surface area (Å²) >= 11 is 1.55. The number of nitrogens with zero attached hydrogens (tertiary/aromatic N) is 4. The summed E-state index contributed by atoms with van der Waals surface area (Å²) in [4.78, 5) is 16.7. The molecule has 0 spiro atoms. The Morgan fingerprint density at radius 1 is 1.25 bits per heavy atom. The molecule has 0 radical (unpaired) electrons. The minimum Gasteiger partial charge on any atom is -0.496 e. The van der Waals surface area contributed by atoms with E-state index in [4.69, 9.17) is 4.74 Å². The molecule has 1 aliphatic rings. The molecular formula is C20H24FN5OS. The first-order valence-electron chi connectivity index (χ1n) is 9.29. The van der Waals surface area contributed by atoms with Crippen LogP contribution in [0.5, 0.6) is 5.75 Å². The molecule has 1 saturated heterocycles. The maximum absolute atomic E-state index is 14.7. The number of likely N-dealkylation sites (N-methyl/N-ethyl adjacent to an activating group) is 1. The van der Waals surface area contributed by atoms with Gasteiger partial charge in [0.2, 0.25) is 0 Å². The first-order chi connectivity index (χ1) is 13.5. The Kier molecular flexibility index (Phi) is 5.41. The summed E-state index contributed by atoms with van der Waals surface area (Å²) < 4.78 is 20.0. The maximum atomic E-state index is 14.7. The number of thioether (sulfide) groups is 1. The number of fused-ring (bicyclic) bond motifs is 1. The van der Waals surface area contributed by atoms with Crippen molar-refractivity contribution in [1.29, 1.82) is 0 Å². The second kappa shape index (κ2) is 7.97. The monoisotopic (exact) mass is 401 g/mol. The van der Waals surface area contributed by atoms with Gasteiger partial charge >= 0.3 is 0 Å². The Labute approximate surface area is 168 Å². The smallest absolute Gasteiger partial charge is 0.166 e. The molecule has 3 heterocycles. The van der Waals surface area contributed by atoms with Crippen LogP contribution < -0.4 is 9.64 Å². The molecule has 2 aromatic heterocycles. The van der Waals surface area contributed by atoms with Gasteiger partial charge < -0.3 is 19.5 Å². The number of hydrogen-bond donors (Lipinski definition) is 1. The topological polar surface area (TPSA) is 57.3 Å². The van der Waals surface area contributed by atoms with Crippen molar-refractivity contribution in [2.75, 3.05) is 45.2 Å². The lowest BCUT2D eigenvalue weighted by atomic mass is 10.2. The second-order valence-corrected chi connectivity index (χ2v) is 7.99. The summed E-state index contributed by atoms with van der Waals surface area (Å²) in [5.41, 5.74) is 4.11. The van der Waals surface area contributed by atoms with Crippen LogP contribution in [0.2, 0.25) is 0 Å². The number of piperazine rings is 1. The first kappa shape index (κ1) is 19.0. The summed E-state index contributed by atoms with van der Waals surface area (Å²) in [5, 5.41) is 0.758. The van der Waals surface area contributed by atoms with Gasteiger partial charge in [-0.2, -0.15) is 0 Å². The molecule has 1 aliphatic heterocycles. The zero-order valence-corrected chi connectivity index (χ0v) is 17.1. The van der Waals surface area contributed by atoms with Crippen molar-refractivity contribution in [2.45, 2.75) is 17.8 Å². The number of nitrogens with one attached hydrogen (secondary N) is 1. The molecule has 28 heavy (non-hydrogen) atoms. The minimum absolute atomic E-state index is 0.206. The van der Waals surface area contributed by atoms with Crippen molar-refractivity contribution in [3.63, 3.8) is 0 Å². The van der Waals surface area contributed by atoms with E-state index < -0.39 is 0 Å². The highest BCUT2D eigenvalue weighted by atomic mass is 32.2. The van der Waals surface area contributed by atoms with Gasteiger partial charge in [-0.05, 0) is 26.1 Å². The zero-order chi connectivity index (χ0) is 19.7. The van der Waals surface area contributed by atoms with E-state index in [-0.39, 0.29) is 5.82 Å². The van der Waals surface area contributed by atoms with Crippen molar-refractivity contribution < 1.29 is 9.13 Å². The highest BCUT2D eigenvalue weighted by Gasteiger charge is 2.19. The molecule has 0 saturated carbocycles. The van der Waals surface area contributed by atoms with E-state index in [0.29, 0.717) is 17.0 Å². The average molecular weight is 402 g/mol. The predicted molar refractivity (Wildman–Crippen MR) is 111 cm³/mol. The fourth-order valence-electron chi connectivity index (χ4n) is 3.42. The Morgan fingerprint density at radius 3 is 2.79 bits per heavy atom. The van der Waals surface area contributed by atoms with Gasteiger partial charge in [0.25, 0.3) is 0 Å². The number of methoxy groups -OCH3 is 1. The number of pyridine rings is 1. The number of benzene rings is 1. The van der Waals surface area contributed by atoms with Crippen LogP contribution in [0.15, 0.2) is 29.6 Å². The number of halogens is 1. The van der Waals surface area contributed by atoms with E-state index in [0.717, 1.165) is 53.9 Å². The molecule has 8 heteroatoms. The Hall–Kier alpha value is -2.32. The first-order valence-corrected chi connectivity index (χ1v) is 10.3. The van der Waals surface area contributed by atoms with Gasteiger partial charge in [0.1, 0.15) is 11.6 Å². The number of ether oxygens (including phenoxy) is 1. The third-order valence-corrected chi connectivity index (χ3v) is 6.08. The fourth-order valence-corrected chi connectivity index (χ4v) is 4.33. The fraction of sp³-hybridized carbons (Fsp3) is 0.400. The standard InChI is InChI=1S/C20H24FN5OS/c1-13-17(22-5-4-19(13)27-3)12-28-20-23-15-10-14(21)18(11-16(15)24-20)26-8-6-25(2)7-9-26/h4-5,10-11H,6-9,12H2,1-3H3,(H,23,24). The lowest BCUT2D eigenvalue weighted by Gasteiger charge is -2.34. The van der Waals surface area contributed by atoms with Gasteiger partial charge in [0, 0.05) is 49.8 Å². The summed E-state index contributed by atoms with van der Waals surface area (Å²) in [6, 6.07) is 5.26. The molecule has 0 bridgehead atoms. The molecule has 148 valence electrons. The number of H-pyrrole nitrogens is 1. The van der Waals surface area contributed by atoms with E-state index in [1.54, 1.807) is 31.1 Å². The van der Waals surface area contributed by atoms with Crippen LogP contribution in [0.25, 0.3) is 11.0 Å². The summed E-state index contributed by atoms with van der Waals surface area (Å²) in [7, 11) is 3.75. The lowest BCUT2D eigenvalue weighted by Crippen LogP contribution is -2.44. The normalized spacial score (nSPS) is 15.4. The molecule has 0 unspecified atom stereocenters. The number of anilines is 1. The average Bonchev–Trinajstić information content (AvgIpc) is 3.09. The molecular weight excluding hydrogens is 377 g/mol. The van der Waals surface area contributed by atoms with Crippen LogP contribution in [0.4, 0.5) is 10.1 Å². The van der Waals surface area contributed by atoms with Gasteiger partial charge in [-0.3, -0.25) is 4.98 Å². The number of hydrogen-bond acceptors (Lipinski definition) is 6. The van der Waals surface area contributed by atoms with E-state index in [9.17, 15) is 4.39 Å². The van der Waals surface area contributed by atoms with Crippen molar-refractivity contribution in [2.24, 2.45) is 0 Å². The predicted octanol–water partition coefficient (Wildman–Crippen LogP) is 3.46. The van der Waals surface area contributed by atoms with Crippen LogP contribution in [-0.4, -0.2) is 60.2 Å². The SMILES string of the molecule is COc1ccnc(CSc2nc3cc(N4CCN(C)CC4)c(F)cc3[nH]2)c1C. The van der Waals surface area contributed by atoms with E-state index >= 15 is 0 Å². The van der Waals surface area contributed by atoms with Gasteiger partial charge in [0.15, 0.2) is 5.16 Å². The summed E-state index contributed by atoms with van der Waals surface area (Å²) in [6.45, 7) is 5.52. The van der Waals surface area contributed by atoms with E-state index in [2.05, 4.69) is 31.8 Å². The van der Waals surface area contributed by atoms with Gasteiger partial charge in [0.05, 0.1) is 29.5 Å². The Bertz CT molecular complexity index is 984. The van der Waals surface area contributed by atoms with Gasteiger partial charge in [-0.25, -0.2) is 9.37 Å². The second-order valence-electron chi connectivity index (χ2n) is 7.03. The number of aromatic amines is 1. The van der Waals surface area contributed by atoms with Crippen LogP contribution in [0.1, 0.15) is 11.3 Å². The van der Waals surface area contributed by atoms with Gasteiger partial charge in [-0.15, -0.1) is 0 Å². The summed E-state index contributed by atoms with van der Waals surface area (Å²) in [5.74, 6) is 1.29. The van der Waals surface area contributed by atoms with Crippen LogP contribution in [0.3, 0.4) is 0 Å². The molecule has 0 amide bonds. The molecule has 3 aromatic rings. The number of aromatic nitrogens is 3. The van der Waals surface area contributed by atoms with Crippen LogP contribution >= 0.6 is 11.8 Å². The van der Waals surface area contributed by atoms with E-state index in [1.165, 1.54) is 0 Å². The molecule has 0 aliphatic carbocycles. The van der Waals surface area contributed by atoms with Crippen LogP contribution in [-0.2, 0) is 5.75 Å².